The summed E-state index contributed by atoms with van der Waals surface area (Å²) in [5.74, 6) is -0.0610. The number of carbonyl (C=O) groups excluding carboxylic acids is 1. The summed E-state index contributed by atoms with van der Waals surface area (Å²) >= 11 is 6.82. The van der Waals surface area contributed by atoms with Crippen molar-refractivity contribution in [1.29, 1.82) is 0 Å². The molecule has 0 aliphatic carbocycles. The van der Waals surface area contributed by atoms with Crippen LogP contribution in [0.1, 0.15) is 9.67 Å². The molecule has 0 aliphatic rings. The van der Waals surface area contributed by atoms with Gasteiger partial charge in [-0.3, -0.25) is 18.7 Å². The van der Waals surface area contributed by atoms with Crippen LogP contribution in [0.15, 0.2) is 34.0 Å². The number of amides is 1. The third-order valence-electron chi connectivity index (χ3n) is 3.32. The number of nitrogens with one attached hydrogen (secondary N) is 1. The van der Waals surface area contributed by atoms with Crippen LogP contribution in [0.25, 0.3) is 10.2 Å². The molecule has 3 aromatic rings. The number of anilines is 1. The molecular weight excluding hydrogens is 340 g/mol. The minimum atomic E-state index is -0.435. The van der Waals surface area contributed by atoms with Crippen LogP contribution in [0.4, 0.5) is 5.82 Å². The number of carbonyl (C=O) groups is 1. The molecule has 3 heterocycles. The van der Waals surface area contributed by atoms with Crippen molar-refractivity contribution >= 4 is 44.9 Å². The van der Waals surface area contributed by atoms with Crippen LogP contribution in [-0.4, -0.2) is 20.0 Å². The Morgan fingerprint density at radius 3 is 2.65 bits per heavy atom. The highest BCUT2D eigenvalue weighted by atomic mass is 35.5. The number of aryl methyl sites for hydroxylation is 1. The maximum absolute atomic E-state index is 12.3. The van der Waals surface area contributed by atoms with Gasteiger partial charge in [-0.1, -0.05) is 11.6 Å². The van der Waals surface area contributed by atoms with Gasteiger partial charge < -0.3 is 5.32 Å². The zero-order valence-corrected chi connectivity index (χ0v) is 13.7. The first-order valence-electron chi connectivity index (χ1n) is 6.51. The summed E-state index contributed by atoms with van der Waals surface area (Å²) in [6, 6.07) is 4.66. The van der Waals surface area contributed by atoms with Crippen molar-refractivity contribution in [1.82, 2.24) is 14.1 Å². The lowest BCUT2D eigenvalue weighted by molar-refractivity contribution is 0.103. The summed E-state index contributed by atoms with van der Waals surface area (Å²) in [6.07, 6.45) is 1.42. The third kappa shape index (κ3) is 2.66. The van der Waals surface area contributed by atoms with E-state index in [2.05, 4.69) is 10.3 Å². The summed E-state index contributed by atoms with van der Waals surface area (Å²) in [5.41, 5.74) is -0.862. The van der Waals surface area contributed by atoms with E-state index in [1.807, 2.05) is 0 Å². The van der Waals surface area contributed by atoms with E-state index in [-0.39, 0.29) is 0 Å². The van der Waals surface area contributed by atoms with Crippen LogP contribution in [-0.2, 0) is 14.1 Å². The highest BCUT2D eigenvalue weighted by Gasteiger charge is 2.16. The van der Waals surface area contributed by atoms with Crippen LogP contribution >= 0.6 is 22.9 Å². The van der Waals surface area contributed by atoms with E-state index in [9.17, 15) is 14.4 Å². The molecule has 23 heavy (non-hydrogen) atoms. The van der Waals surface area contributed by atoms with Gasteiger partial charge in [-0.15, -0.1) is 11.3 Å². The molecule has 0 radical (unpaired) electrons. The molecule has 1 N–H and O–H groups in total. The van der Waals surface area contributed by atoms with Crippen LogP contribution in [0.5, 0.6) is 0 Å². The molecule has 0 fully saturated rings. The Morgan fingerprint density at radius 2 is 2.00 bits per heavy atom. The monoisotopic (exact) mass is 350 g/mol. The first-order valence-corrected chi connectivity index (χ1v) is 7.70. The average molecular weight is 351 g/mol. The van der Waals surface area contributed by atoms with Gasteiger partial charge in [0.25, 0.3) is 11.5 Å². The first-order chi connectivity index (χ1) is 10.9. The second kappa shape index (κ2) is 5.64. The van der Waals surface area contributed by atoms with Gasteiger partial charge in [0, 0.05) is 20.3 Å². The molecule has 0 atom stereocenters. The SMILES string of the molecule is Cn1c(=O)c2cc(C(=O)Nc3ccc(Cl)cn3)sc2n(C)c1=O. The van der Waals surface area contributed by atoms with Gasteiger partial charge in [0.2, 0.25) is 0 Å². The quantitative estimate of drug-likeness (QED) is 0.760. The highest BCUT2D eigenvalue weighted by molar-refractivity contribution is 7.20. The number of thiophene rings is 1. The van der Waals surface area contributed by atoms with Gasteiger partial charge >= 0.3 is 5.69 Å². The molecule has 0 aromatic carbocycles. The number of halogens is 1. The summed E-state index contributed by atoms with van der Waals surface area (Å²) in [7, 11) is 2.96. The number of aromatic nitrogens is 3. The zero-order valence-electron chi connectivity index (χ0n) is 12.2. The molecule has 3 rings (SSSR count). The second-order valence-electron chi connectivity index (χ2n) is 4.85. The van der Waals surface area contributed by atoms with Gasteiger partial charge in [0.1, 0.15) is 10.6 Å². The van der Waals surface area contributed by atoms with Crippen LogP contribution in [0.2, 0.25) is 5.02 Å². The summed E-state index contributed by atoms with van der Waals surface area (Å²) in [5, 5.41) is 3.41. The predicted molar refractivity (Wildman–Crippen MR) is 89.5 cm³/mol. The Morgan fingerprint density at radius 1 is 1.26 bits per heavy atom. The fourth-order valence-corrected chi connectivity index (χ4v) is 3.21. The number of hydrogen-bond acceptors (Lipinski definition) is 5. The molecule has 1 amide bonds. The lowest BCUT2D eigenvalue weighted by Crippen LogP contribution is -2.36. The van der Waals surface area contributed by atoms with Crippen molar-refractivity contribution in [3.63, 3.8) is 0 Å². The molecule has 9 heteroatoms. The zero-order chi connectivity index (χ0) is 16.7. The van der Waals surface area contributed by atoms with Crippen LogP contribution < -0.4 is 16.6 Å². The average Bonchev–Trinajstić information content (AvgIpc) is 2.98. The van der Waals surface area contributed by atoms with E-state index in [4.69, 9.17) is 11.6 Å². The topological polar surface area (TPSA) is 86.0 Å². The van der Waals surface area contributed by atoms with E-state index in [1.165, 1.54) is 23.9 Å². The number of fused-ring (bicyclic) bond motifs is 1. The molecule has 0 saturated carbocycles. The number of rotatable bonds is 2. The highest BCUT2D eigenvalue weighted by Crippen LogP contribution is 2.22. The Balaban J connectivity index is 2.04. The maximum Gasteiger partial charge on any atom is 0.331 e. The molecule has 0 unspecified atom stereocenters. The van der Waals surface area contributed by atoms with Crippen molar-refractivity contribution in [2.75, 3.05) is 5.32 Å². The molecule has 0 aliphatic heterocycles. The van der Waals surface area contributed by atoms with Gasteiger partial charge in [-0.05, 0) is 18.2 Å². The first kappa shape index (κ1) is 15.4. The normalized spacial score (nSPS) is 10.9. The van der Waals surface area contributed by atoms with Crippen molar-refractivity contribution in [3.05, 3.63) is 55.1 Å². The molecular formula is C14H11ClN4O3S. The predicted octanol–water partition coefficient (Wildman–Crippen LogP) is 1.60. The van der Waals surface area contributed by atoms with Gasteiger partial charge in [-0.2, -0.15) is 0 Å². The van der Waals surface area contributed by atoms with Gasteiger partial charge in [0.05, 0.1) is 15.3 Å². The minimum Gasteiger partial charge on any atom is -0.306 e. The molecule has 0 spiro atoms. The van der Waals surface area contributed by atoms with E-state index >= 15 is 0 Å². The summed E-state index contributed by atoms with van der Waals surface area (Å²) < 4.78 is 2.36. The Labute approximate surface area is 138 Å². The lowest BCUT2D eigenvalue weighted by atomic mass is 10.3. The van der Waals surface area contributed by atoms with Gasteiger partial charge in [0.15, 0.2) is 0 Å². The Kier molecular flexibility index (Phi) is 3.78. The van der Waals surface area contributed by atoms with Crippen LogP contribution in [0.3, 0.4) is 0 Å². The Hall–Kier alpha value is -2.45. The fourth-order valence-electron chi connectivity index (χ4n) is 2.10. The molecule has 0 saturated heterocycles. The van der Waals surface area contributed by atoms with E-state index < -0.39 is 17.2 Å². The molecule has 3 aromatic heterocycles. The van der Waals surface area contributed by atoms with Crippen LogP contribution in [0, 0.1) is 0 Å². The molecule has 118 valence electrons. The van der Waals surface area contributed by atoms with Crippen molar-refractivity contribution in [3.8, 4) is 0 Å². The number of hydrogen-bond donors (Lipinski definition) is 1. The minimum absolute atomic E-state index is 0.315. The van der Waals surface area contributed by atoms with E-state index in [0.717, 1.165) is 15.9 Å². The smallest absolute Gasteiger partial charge is 0.306 e. The maximum atomic E-state index is 12.3. The second-order valence-corrected chi connectivity index (χ2v) is 6.32. The Bertz CT molecular complexity index is 1030. The number of pyridine rings is 1. The van der Waals surface area contributed by atoms with Crippen molar-refractivity contribution < 1.29 is 4.79 Å². The molecule has 0 bridgehead atoms. The van der Waals surface area contributed by atoms with E-state index in [1.54, 1.807) is 19.2 Å². The standard InChI is InChI=1S/C14H11ClN4O3S/c1-18-12(21)8-5-9(23-13(8)19(2)14(18)22)11(20)17-10-4-3-7(15)6-16-10/h3-6H,1-2H3,(H,16,17,20). The van der Waals surface area contributed by atoms with E-state index in [0.29, 0.717) is 25.9 Å². The summed E-state index contributed by atoms with van der Waals surface area (Å²) in [6.45, 7) is 0. The molecule has 7 nitrogen and oxygen atoms in total. The van der Waals surface area contributed by atoms with Gasteiger partial charge in [-0.25, -0.2) is 9.78 Å². The fraction of sp³-hybridized carbons (Fsp3) is 0.143. The third-order valence-corrected chi connectivity index (χ3v) is 4.75. The van der Waals surface area contributed by atoms with Crippen molar-refractivity contribution in [2.45, 2.75) is 0 Å². The number of nitrogens with zero attached hydrogens (tertiary/aromatic N) is 3. The van der Waals surface area contributed by atoms with Crippen molar-refractivity contribution in [2.24, 2.45) is 14.1 Å². The largest absolute Gasteiger partial charge is 0.331 e. The lowest BCUT2D eigenvalue weighted by Gasteiger charge is -2.02. The summed E-state index contributed by atoms with van der Waals surface area (Å²) in [4.78, 5) is 41.1.